The van der Waals surface area contributed by atoms with Gasteiger partial charge in [0.25, 0.3) is 5.91 Å². The molecule has 3 aromatic rings. The maximum Gasteiger partial charge on any atom is 0.410 e. The highest BCUT2D eigenvalue weighted by molar-refractivity contribution is 5.98. The van der Waals surface area contributed by atoms with Crippen LogP contribution >= 0.6 is 0 Å². The minimum Gasteiger partial charge on any atom is -0.444 e. The molecule has 0 atom stereocenters. The SMILES string of the molecule is CC(C)(C)OC(=O)N1CCC(N(C(=O)c2cnc(-c3ccc(C(=O)Cc4ccc(CO)cc4)cc3)nc2)C2CC2)CC1. The highest BCUT2D eigenvalue weighted by Crippen LogP contribution is 2.33. The summed E-state index contributed by atoms with van der Waals surface area (Å²) in [5.41, 5.74) is 2.95. The van der Waals surface area contributed by atoms with E-state index in [1.165, 1.54) is 0 Å². The van der Waals surface area contributed by atoms with Gasteiger partial charge in [-0.25, -0.2) is 14.8 Å². The van der Waals surface area contributed by atoms with E-state index < -0.39 is 5.60 Å². The van der Waals surface area contributed by atoms with Gasteiger partial charge in [-0.1, -0.05) is 48.5 Å². The second-order valence-electron chi connectivity index (χ2n) is 12.1. The summed E-state index contributed by atoms with van der Waals surface area (Å²) in [5, 5.41) is 9.19. The van der Waals surface area contributed by atoms with Gasteiger partial charge in [0.1, 0.15) is 5.60 Å². The van der Waals surface area contributed by atoms with Gasteiger partial charge in [0.15, 0.2) is 11.6 Å². The molecule has 1 aliphatic carbocycles. The van der Waals surface area contributed by atoms with Crippen LogP contribution in [0, 0.1) is 0 Å². The Balaban J connectivity index is 1.20. The van der Waals surface area contributed by atoms with E-state index in [2.05, 4.69) is 9.97 Å². The fourth-order valence-corrected chi connectivity index (χ4v) is 5.23. The van der Waals surface area contributed by atoms with Gasteiger partial charge in [0.2, 0.25) is 0 Å². The molecule has 9 heteroatoms. The van der Waals surface area contributed by atoms with Gasteiger partial charge in [-0.2, -0.15) is 0 Å². The first-order valence-electron chi connectivity index (χ1n) is 14.6. The molecule has 2 aromatic carbocycles. The maximum absolute atomic E-state index is 13.6. The normalized spacial score (nSPS) is 15.8. The van der Waals surface area contributed by atoms with E-state index in [1.807, 2.05) is 62.1 Å². The molecule has 2 amide bonds. The van der Waals surface area contributed by atoms with Crippen LogP contribution in [0.5, 0.6) is 0 Å². The number of rotatable bonds is 8. The first-order chi connectivity index (χ1) is 20.1. The first kappa shape index (κ1) is 29.4. The molecule has 9 nitrogen and oxygen atoms in total. The summed E-state index contributed by atoms with van der Waals surface area (Å²) < 4.78 is 5.51. The quantitative estimate of drug-likeness (QED) is 0.377. The van der Waals surface area contributed by atoms with Crippen LogP contribution in [0.2, 0.25) is 0 Å². The van der Waals surface area contributed by atoms with Crippen LogP contribution in [-0.4, -0.2) is 73.4 Å². The maximum atomic E-state index is 13.6. The molecule has 2 aliphatic rings. The lowest BCUT2D eigenvalue weighted by Crippen LogP contribution is -2.50. The van der Waals surface area contributed by atoms with Gasteiger partial charge in [-0.05, 0) is 57.6 Å². The van der Waals surface area contributed by atoms with Crippen LogP contribution in [0.25, 0.3) is 11.4 Å². The molecule has 0 unspecified atom stereocenters. The average molecular weight is 571 g/mol. The largest absolute Gasteiger partial charge is 0.444 e. The summed E-state index contributed by atoms with van der Waals surface area (Å²) in [5.74, 6) is 0.402. The third kappa shape index (κ3) is 7.20. The van der Waals surface area contributed by atoms with Gasteiger partial charge < -0.3 is 19.6 Å². The molecule has 2 heterocycles. The monoisotopic (exact) mass is 570 g/mol. The molecule has 0 bridgehead atoms. The zero-order chi connectivity index (χ0) is 29.9. The molecule has 5 rings (SSSR count). The molecule has 0 spiro atoms. The Kier molecular flexibility index (Phi) is 8.68. The molecule has 220 valence electrons. The number of amides is 2. The number of ketones is 1. The standard InChI is InChI=1S/C33H38N4O5/c1-33(2,3)42-32(41)36-16-14-28(15-17-36)37(27-12-13-27)31(40)26-19-34-30(35-20-26)25-10-8-24(9-11-25)29(39)18-22-4-6-23(21-38)7-5-22/h4-11,19-20,27-28,38H,12-18,21H2,1-3H3. The van der Waals surface area contributed by atoms with Gasteiger partial charge in [-0.3, -0.25) is 9.59 Å². The second kappa shape index (κ2) is 12.4. The summed E-state index contributed by atoms with van der Waals surface area (Å²) in [6.45, 7) is 6.66. The number of nitrogens with zero attached hydrogens (tertiary/aromatic N) is 4. The van der Waals surface area contributed by atoms with Crippen LogP contribution in [0.1, 0.15) is 78.3 Å². The first-order valence-corrected chi connectivity index (χ1v) is 14.6. The van der Waals surface area contributed by atoms with Gasteiger partial charge in [0, 0.05) is 55.1 Å². The summed E-state index contributed by atoms with van der Waals surface area (Å²) >= 11 is 0. The number of likely N-dealkylation sites (tertiary alicyclic amines) is 1. The lowest BCUT2D eigenvalue weighted by atomic mass is 10.0. The van der Waals surface area contributed by atoms with E-state index in [0.29, 0.717) is 42.9 Å². The van der Waals surface area contributed by atoms with Crippen LogP contribution in [0.3, 0.4) is 0 Å². The van der Waals surface area contributed by atoms with Crippen molar-refractivity contribution in [2.24, 2.45) is 0 Å². The zero-order valence-corrected chi connectivity index (χ0v) is 24.5. The molecule has 1 aromatic heterocycles. The second-order valence-corrected chi connectivity index (χ2v) is 12.1. The van der Waals surface area contributed by atoms with Crippen molar-refractivity contribution >= 4 is 17.8 Å². The number of aliphatic hydroxyl groups excluding tert-OH is 1. The fraction of sp³-hybridized carbons (Fsp3) is 0.424. The van der Waals surface area contributed by atoms with Gasteiger partial charge >= 0.3 is 6.09 Å². The average Bonchev–Trinajstić information content (AvgIpc) is 3.82. The number of hydrogen-bond donors (Lipinski definition) is 1. The van der Waals surface area contributed by atoms with Crippen molar-refractivity contribution in [3.05, 3.63) is 83.2 Å². The molecule has 1 aliphatic heterocycles. The third-order valence-corrected chi connectivity index (χ3v) is 7.62. The number of aromatic nitrogens is 2. The van der Waals surface area contributed by atoms with Crippen molar-refractivity contribution in [1.29, 1.82) is 0 Å². The minimum atomic E-state index is -0.537. The van der Waals surface area contributed by atoms with Crippen molar-refractivity contribution in [1.82, 2.24) is 19.8 Å². The topological polar surface area (TPSA) is 113 Å². The Morgan fingerprint density at radius 3 is 1.98 bits per heavy atom. The number of hydrogen-bond acceptors (Lipinski definition) is 7. The lowest BCUT2D eigenvalue weighted by Gasteiger charge is -2.39. The van der Waals surface area contributed by atoms with Crippen molar-refractivity contribution < 1.29 is 24.2 Å². The van der Waals surface area contributed by atoms with E-state index in [1.54, 1.807) is 29.4 Å². The number of carbonyl (C=O) groups excluding carboxylic acids is 3. The van der Waals surface area contributed by atoms with Crippen molar-refractivity contribution in [2.45, 2.75) is 77.2 Å². The van der Waals surface area contributed by atoms with Crippen molar-refractivity contribution in [2.75, 3.05) is 13.1 Å². The fourth-order valence-electron chi connectivity index (χ4n) is 5.23. The molecule has 2 fully saturated rings. The van der Waals surface area contributed by atoms with Crippen LogP contribution in [0.4, 0.5) is 4.79 Å². The van der Waals surface area contributed by atoms with Crippen LogP contribution in [-0.2, 0) is 17.8 Å². The Morgan fingerprint density at radius 1 is 0.857 bits per heavy atom. The number of aliphatic hydroxyl groups is 1. The Bertz CT molecular complexity index is 1400. The van der Waals surface area contributed by atoms with E-state index in [4.69, 9.17) is 4.74 Å². The Labute approximate surface area is 246 Å². The predicted molar refractivity (Wildman–Crippen MR) is 158 cm³/mol. The molecule has 42 heavy (non-hydrogen) atoms. The van der Waals surface area contributed by atoms with E-state index in [-0.39, 0.29) is 42.9 Å². The number of benzene rings is 2. The zero-order valence-electron chi connectivity index (χ0n) is 24.5. The molecule has 1 N–H and O–H groups in total. The number of ether oxygens (including phenoxy) is 1. The predicted octanol–water partition coefficient (Wildman–Crippen LogP) is 5.07. The van der Waals surface area contributed by atoms with Crippen molar-refractivity contribution in [3.63, 3.8) is 0 Å². The molecule has 1 saturated carbocycles. The molecular weight excluding hydrogens is 532 g/mol. The lowest BCUT2D eigenvalue weighted by molar-refractivity contribution is 0.0142. The van der Waals surface area contributed by atoms with E-state index >= 15 is 0 Å². The summed E-state index contributed by atoms with van der Waals surface area (Å²) in [4.78, 5) is 51.4. The summed E-state index contributed by atoms with van der Waals surface area (Å²) in [6.07, 6.45) is 6.50. The highest BCUT2D eigenvalue weighted by Gasteiger charge is 2.40. The number of Topliss-reactive ketones (excluding diaryl/α,β-unsaturated/α-hetero) is 1. The molecule has 1 saturated heterocycles. The van der Waals surface area contributed by atoms with Crippen molar-refractivity contribution in [3.8, 4) is 11.4 Å². The number of carbonyl (C=O) groups is 3. The van der Waals surface area contributed by atoms with Gasteiger partial charge in [-0.15, -0.1) is 0 Å². The third-order valence-electron chi connectivity index (χ3n) is 7.62. The van der Waals surface area contributed by atoms with Gasteiger partial charge in [0.05, 0.1) is 12.2 Å². The Morgan fingerprint density at radius 2 is 1.43 bits per heavy atom. The smallest absolute Gasteiger partial charge is 0.410 e. The number of piperidine rings is 1. The Hall–Kier alpha value is -4.11. The van der Waals surface area contributed by atoms with Crippen LogP contribution in [0.15, 0.2) is 60.9 Å². The van der Waals surface area contributed by atoms with Crippen LogP contribution < -0.4 is 0 Å². The minimum absolute atomic E-state index is 0.00254. The molecular formula is C33H38N4O5. The molecule has 0 radical (unpaired) electrons. The summed E-state index contributed by atoms with van der Waals surface area (Å²) in [6, 6.07) is 14.8. The highest BCUT2D eigenvalue weighted by atomic mass is 16.6. The van der Waals surface area contributed by atoms with E-state index in [0.717, 1.165) is 29.5 Å². The summed E-state index contributed by atoms with van der Waals surface area (Å²) in [7, 11) is 0. The van der Waals surface area contributed by atoms with E-state index in [9.17, 15) is 19.5 Å².